The molecular formula is C21H37NO3. The molecule has 0 saturated heterocycles. The number of hydrogen-bond donors (Lipinski definition) is 0. The molecule has 0 saturated carbocycles. The van der Waals surface area contributed by atoms with Crippen molar-refractivity contribution in [2.45, 2.75) is 79.1 Å². The van der Waals surface area contributed by atoms with Gasteiger partial charge in [0.05, 0.1) is 6.61 Å². The van der Waals surface area contributed by atoms with Gasteiger partial charge in [-0.3, -0.25) is 4.79 Å². The van der Waals surface area contributed by atoms with Crippen molar-refractivity contribution >= 4 is 11.8 Å². The first-order valence-electron chi connectivity index (χ1n) is 9.87. The van der Waals surface area contributed by atoms with Gasteiger partial charge in [0.2, 0.25) is 0 Å². The maximum Gasteiger partial charge on any atom is 0.341 e. The highest BCUT2D eigenvalue weighted by Gasteiger charge is 2.14. The number of carbonyl (C=O) groups excluding carboxylic acids is 2. The number of nitrogens with zero attached hydrogens (tertiary/aromatic N) is 1. The molecule has 0 aliphatic heterocycles. The van der Waals surface area contributed by atoms with E-state index in [0.29, 0.717) is 6.61 Å². The summed E-state index contributed by atoms with van der Waals surface area (Å²) in [5.41, 5.74) is 0.123. The monoisotopic (exact) mass is 351 g/mol. The van der Waals surface area contributed by atoms with Crippen molar-refractivity contribution in [1.82, 2.24) is 4.90 Å². The average Bonchev–Trinajstić information content (AvgIpc) is 2.59. The molecule has 0 unspecified atom stereocenters. The number of unbranched alkanes of at least 4 members (excludes halogenated alkanes) is 5. The second-order valence-corrected chi connectivity index (χ2v) is 6.42. The van der Waals surface area contributed by atoms with Crippen LogP contribution in [0.5, 0.6) is 0 Å². The van der Waals surface area contributed by atoms with Crippen LogP contribution < -0.4 is 0 Å². The van der Waals surface area contributed by atoms with Crippen LogP contribution in [0.4, 0.5) is 0 Å². The molecule has 0 aromatic heterocycles. The summed E-state index contributed by atoms with van der Waals surface area (Å²) in [7, 11) is 0. The molecule has 144 valence electrons. The molecule has 0 aliphatic rings. The number of ketones is 1. The van der Waals surface area contributed by atoms with Crippen molar-refractivity contribution in [3.63, 3.8) is 0 Å². The Hall–Kier alpha value is -1.58. The largest absolute Gasteiger partial charge is 0.462 e. The molecule has 0 rings (SSSR count). The van der Waals surface area contributed by atoms with Crippen LogP contribution in [-0.4, -0.2) is 36.3 Å². The standard InChI is InChI=1S/C21H37NO3/c1-5-8-11-12-18-25-21(24)20(19(4)23)14-13-17-22(15-9-6-2)16-10-7-3/h13-14,17H,5-12,15-16,18H2,1-4H3/b17-13+,20-14-. The smallest absolute Gasteiger partial charge is 0.341 e. The van der Waals surface area contributed by atoms with E-state index < -0.39 is 5.97 Å². The van der Waals surface area contributed by atoms with Crippen LogP contribution in [0.2, 0.25) is 0 Å². The fourth-order valence-electron chi connectivity index (χ4n) is 2.34. The maximum absolute atomic E-state index is 12.1. The summed E-state index contributed by atoms with van der Waals surface area (Å²) in [5, 5.41) is 0. The van der Waals surface area contributed by atoms with Gasteiger partial charge in [-0.1, -0.05) is 52.9 Å². The number of ether oxygens (including phenoxy) is 1. The number of carbonyl (C=O) groups is 2. The fraction of sp³-hybridized carbons (Fsp3) is 0.714. The van der Waals surface area contributed by atoms with Crippen LogP contribution in [0.25, 0.3) is 0 Å². The molecule has 0 aliphatic carbocycles. The number of allylic oxidation sites excluding steroid dienone is 2. The molecule has 25 heavy (non-hydrogen) atoms. The van der Waals surface area contributed by atoms with Gasteiger partial charge < -0.3 is 9.64 Å². The van der Waals surface area contributed by atoms with E-state index in [1.54, 1.807) is 12.2 Å². The van der Waals surface area contributed by atoms with Crippen molar-refractivity contribution in [3.05, 3.63) is 23.9 Å². The van der Waals surface area contributed by atoms with Crippen LogP contribution in [-0.2, 0) is 14.3 Å². The molecule has 0 radical (unpaired) electrons. The first kappa shape index (κ1) is 23.4. The molecule has 0 aromatic rings. The summed E-state index contributed by atoms with van der Waals surface area (Å²) in [5.74, 6) is -0.765. The summed E-state index contributed by atoms with van der Waals surface area (Å²) in [4.78, 5) is 26.0. The number of Topliss-reactive ketones (excluding diaryl/α,β-unsaturated/α-hetero) is 1. The van der Waals surface area contributed by atoms with E-state index in [-0.39, 0.29) is 11.4 Å². The van der Waals surface area contributed by atoms with Crippen LogP contribution in [0, 0.1) is 0 Å². The Morgan fingerprint density at radius 2 is 1.48 bits per heavy atom. The predicted molar refractivity (Wildman–Crippen MR) is 104 cm³/mol. The van der Waals surface area contributed by atoms with Gasteiger partial charge >= 0.3 is 5.97 Å². The van der Waals surface area contributed by atoms with Gasteiger partial charge in [0, 0.05) is 13.1 Å². The Labute approximate surface area is 154 Å². The molecule has 4 heteroatoms. The molecule has 0 amide bonds. The molecule has 4 nitrogen and oxygen atoms in total. The Bertz CT molecular complexity index is 419. The van der Waals surface area contributed by atoms with E-state index in [4.69, 9.17) is 4.74 Å². The lowest BCUT2D eigenvalue weighted by Gasteiger charge is -2.19. The molecule has 0 fully saturated rings. The van der Waals surface area contributed by atoms with Gasteiger partial charge in [-0.2, -0.15) is 0 Å². The van der Waals surface area contributed by atoms with Crippen molar-refractivity contribution in [2.75, 3.05) is 19.7 Å². The third-order valence-corrected chi connectivity index (χ3v) is 3.99. The van der Waals surface area contributed by atoms with Gasteiger partial charge in [-0.25, -0.2) is 4.79 Å². The summed E-state index contributed by atoms with van der Waals surface area (Å²) < 4.78 is 5.22. The molecule has 0 aromatic carbocycles. The van der Waals surface area contributed by atoms with Crippen molar-refractivity contribution in [1.29, 1.82) is 0 Å². The first-order chi connectivity index (χ1) is 12.1. The van der Waals surface area contributed by atoms with Crippen molar-refractivity contribution in [2.24, 2.45) is 0 Å². The molecular weight excluding hydrogens is 314 g/mol. The van der Waals surface area contributed by atoms with Gasteiger partial charge in [0.1, 0.15) is 5.57 Å². The lowest BCUT2D eigenvalue weighted by Crippen LogP contribution is -2.19. The van der Waals surface area contributed by atoms with Crippen molar-refractivity contribution in [3.8, 4) is 0 Å². The zero-order chi connectivity index (χ0) is 18.9. The van der Waals surface area contributed by atoms with Crippen LogP contribution in [0.15, 0.2) is 23.9 Å². The van der Waals surface area contributed by atoms with Gasteiger partial charge in [-0.15, -0.1) is 0 Å². The second-order valence-electron chi connectivity index (χ2n) is 6.42. The predicted octanol–water partition coefficient (Wildman–Crippen LogP) is 5.04. The van der Waals surface area contributed by atoms with Gasteiger partial charge in [0.25, 0.3) is 0 Å². The lowest BCUT2D eigenvalue weighted by atomic mass is 10.1. The molecule has 0 bridgehead atoms. The lowest BCUT2D eigenvalue weighted by molar-refractivity contribution is -0.140. The zero-order valence-corrected chi connectivity index (χ0v) is 16.7. The third kappa shape index (κ3) is 12.4. The zero-order valence-electron chi connectivity index (χ0n) is 16.7. The number of esters is 1. The van der Waals surface area contributed by atoms with E-state index in [2.05, 4.69) is 25.7 Å². The van der Waals surface area contributed by atoms with Crippen LogP contribution in [0.3, 0.4) is 0 Å². The minimum atomic E-state index is -0.512. The number of rotatable bonds is 15. The quantitative estimate of drug-likeness (QED) is 0.104. The highest BCUT2D eigenvalue weighted by atomic mass is 16.5. The highest BCUT2D eigenvalue weighted by molar-refractivity contribution is 6.16. The minimum Gasteiger partial charge on any atom is -0.462 e. The van der Waals surface area contributed by atoms with E-state index in [0.717, 1.165) is 64.5 Å². The molecule has 0 heterocycles. The van der Waals surface area contributed by atoms with E-state index in [9.17, 15) is 9.59 Å². The third-order valence-electron chi connectivity index (χ3n) is 3.99. The van der Waals surface area contributed by atoms with Gasteiger partial charge in [-0.05, 0) is 44.5 Å². The number of hydrogen-bond acceptors (Lipinski definition) is 4. The fourth-order valence-corrected chi connectivity index (χ4v) is 2.34. The Morgan fingerprint density at radius 1 is 0.880 bits per heavy atom. The van der Waals surface area contributed by atoms with E-state index in [1.165, 1.54) is 6.92 Å². The van der Waals surface area contributed by atoms with Crippen LogP contribution >= 0.6 is 0 Å². The highest BCUT2D eigenvalue weighted by Crippen LogP contribution is 2.06. The Morgan fingerprint density at radius 3 is 2.00 bits per heavy atom. The van der Waals surface area contributed by atoms with Crippen LogP contribution in [0.1, 0.15) is 79.1 Å². The molecule has 0 atom stereocenters. The second kappa shape index (κ2) is 15.9. The molecule has 0 spiro atoms. The Kier molecular flexibility index (Phi) is 14.9. The molecule has 0 N–H and O–H groups in total. The maximum atomic E-state index is 12.1. The minimum absolute atomic E-state index is 0.123. The summed E-state index contributed by atoms with van der Waals surface area (Å²) >= 11 is 0. The summed E-state index contributed by atoms with van der Waals surface area (Å²) in [6.45, 7) is 10.3. The van der Waals surface area contributed by atoms with E-state index in [1.807, 2.05) is 6.20 Å². The van der Waals surface area contributed by atoms with E-state index >= 15 is 0 Å². The van der Waals surface area contributed by atoms with Gasteiger partial charge in [0.15, 0.2) is 5.78 Å². The first-order valence-corrected chi connectivity index (χ1v) is 9.87. The topological polar surface area (TPSA) is 46.6 Å². The average molecular weight is 352 g/mol. The Balaban J connectivity index is 4.64. The SMILES string of the molecule is CCCCCCOC(=O)/C(=C\C=C\N(CCCC)CCCC)C(C)=O. The van der Waals surface area contributed by atoms with Crippen molar-refractivity contribution < 1.29 is 14.3 Å². The normalized spacial score (nSPS) is 11.8. The summed E-state index contributed by atoms with van der Waals surface area (Å²) in [6.07, 6.45) is 14.1. The summed E-state index contributed by atoms with van der Waals surface area (Å²) in [6, 6.07) is 0.